The molecule has 268 valence electrons. The van der Waals surface area contributed by atoms with E-state index in [1.807, 2.05) is 6.07 Å². The number of thiazole rings is 1. The molecule has 11 aromatic rings. The second kappa shape index (κ2) is 13.8. The zero-order chi connectivity index (χ0) is 37.7. The average Bonchev–Trinajstić information content (AvgIpc) is 3.87. The third-order valence-electron chi connectivity index (χ3n) is 10.9. The highest BCUT2D eigenvalue weighted by Crippen LogP contribution is 2.44. The highest BCUT2D eigenvalue weighted by Gasteiger charge is 2.19. The van der Waals surface area contributed by atoms with E-state index in [0.29, 0.717) is 0 Å². The number of hydrogen-bond acceptors (Lipinski definition) is 4. The molecule has 0 amide bonds. The maximum Gasteiger partial charge on any atom is 0.137 e. The normalized spacial score (nSPS) is 11.5. The average molecular weight is 747 g/mol. The van der Waals surface area contributed by atoms with Gasteiger partial charge in [0.1, 0.15) is 16.2 Å². The van der Waals surface area contributed by atoms with E-state index in [-0.39, 0.29) is 0 Å². The smallest absolute Gasteiger partial charge is 0.137 e. The lowest BCUT2D eigenvalue weighted by Gasteiger charge is -2.27. The molecule has 3 nitrogen and oxygen atoms in total. The van der Waals surface area contributed by atoms with E-state index >= 15 is 0 Å². The molecule has 4 heteroatoms. The molecular formula is C53H34N2OS. The van der Waals surface area contributed by atoms with E-state index in [1.165, 1.54) is 44.2 Å². The van der Waals surface area contributed by atoms with E-state index in [1.54, 1.807) is 11.3 Å². The maximum absolute atomic E-state index is 6.68. The van der Waals surface area contributed by atoms with Crippen molar-refractivity contribution in [3.63, 3.8) is 0 Å². The summed E-state index contributed by atoms with van der Waals surface area (Å²) in [7, 11) is 0. The Morgan fingerprint density at radius 3 is 1.75 bits per heavy atom. The molecule has 0 unspecified atom stereocenters. The second-order valence-electron chi connectivity index (χ2n) is 14.4. The Morgan fingerprint density at radius 1 is 0.386 bits per heavy atom. The summed E-state index contributed by atoms with van der Waals surface area (Å²) in [6.07, 6.45) is 0. The van der Waals surface area contributed by atoms with Gasteiger partial charge in [0, 0.05) is 45.5 Å². The molecule has 0 aliphatic heterocycles. The van der Waals surface area contributed by atoms with Gasteiger partial charge in [-0.25, -0.2) is 4.98 Å². The van der Waals surface area contributed by atoms with Crippen LogP contribution in [-0.2, 0) is 0 Å². The molecule has 0 aliphatic rings. The summed E-state index contributed by atoms with van der Waals surface area (Å²) < 4.78 is 7.79. The molecule has 9 aromatic carbocycles. The molecule has 2 aromatic heterocycles. The number of rotatable bonds is 7. The Kier molecular flexibility index (Phi) is 8.01. The molecule has 0 fully saturated rings. The van der Waals surface area contributed by atoms with Crippen molar-refractivity contribution in [3.8, 4) is 44.0 Å². The van der Waals surface area contributed by atoms with Crippen LogP contribution in [0.2, 0.25) is 0 Å². The zero-order valence-electron chi connectivity index (χ0n) is 30.8. The number of furan rings is 1. The molecule has 0 radical (unpaired) electrons. The summed E-state index contributed by atoms with van der Waals surface area (Å²) in [6, 6.07) is 73.5. The molecule has 0 spiro atoms. The van der Waals surface area contributed by atoms with E-state index < -0.39 is 0 Å². The van der Waals surface area contributed by atoms with Crippen LogP contribution in [0.1, 0.15) is 0 Å². The molecule has 0 bridgehead atoms. The highest BCUT2D eigenvalue weighted by molar-refractivity contribution is 7.21. The van der Waals surface area contributed by atoms with E-state index in [0.717, 1.165) is 59.8 Å². The monoisotopic (exact) mass is 746 g/mol. The molecule has 11 rings (SSSR count). The maximum atomic E-state index is 6.68. The van der Waals surface area contributed by atoms with Gasteiger partial charge in [-0.05, 0) is 86.6 Å². The number of anilines is 3. The predicted molar refractivity (Wildman–Crippen MR) is 241 cm³/mol. The van der Waals surface area contributed by atoms with Crippen molar-refractivity contribution in [2.75, 3.05) is 4.90 Å². The highest BCUT2D eigenvalue weighted by atomic mass is 32.1. The summed E-state index contributed by atoms with van der Waals surface area (Å²) in [5.74, 6) is 0. The third-order valence-corrected chi connectivity index (χ3v) is 12.0. The number of nitrogens with zero attached hydrogens (tertiary/aromatic N) is 2. The molecule has 2 heterocycles. The lowest BCUT2D eigenvalue weighted by molar-refractivity contribution is 0.669. The largest absolute Gasteiger partial charge is 0.456 e. The minimum absolute atomic E-state index is 0.838. The zero-order valence-corrected chi connectivity index (χ0v) is 31.7. The number of benzene rings is 9. The minimum Gasteiger partial charge on any atom is -0.456 e. The summed E-state index contributed by atoms with van der Waals surface area (Å²) in [5.41, 5.74) is 14.0. The molecule has 0 saturated carbocycles. The van der Waals surface area contributed by atoms with E-state index in [4.69, 9.17) is 9.40 Å². The SMILES string of the molecule is c1ccc(-c2nc3cc4c(cc3s2)oc2cc(N(c3ccc(-c5cccc6ccccc56)cc3)c3ccc(-c5ccccc5)c(-c5ccccc5)c3)ccc24)cc1. The van der Waals surface area contributed by atoms with E-state index in [2.05, 4.69) is 205 Å². The van der Waals surface area contributed by atoms with Crippen LogP contribution in [0.5, 0.6) is 0 Å². The van der Waals surface area contributed by atoms with Crippen LogP contribution in [0.4, 0.5) is 17.1 Å². The Morgan fingerprint density at radius 2 is 0.982 bits per heavy atom. The van der Waals surface area contributed by atoms with Crippen LogP contribution in [0.3, 0.4) is 0 Å². The van der Waals surface area contributed by atoms with Gasteiger partial charge in [0.05, 0.1) is 10.2 Å². The van der Waals surface area contributed by atoms with E-state index in [9.17, 15) is 0 Å². The summed E-state index contributed by atoms with van der Waals surface area (Å²) >= 11 is 1.70. The van der Waals surface area contributed by atoms with Gasteiger partial charge >= 0.3 is 0 Å². The number of fused-ring (bicyclic) bond motifs is 5. The fourth-order valence-corrected chi connectivity index (χ4v) is 9.12. The molecule has 0 N–H and O–H groups in total. The van der Waals surface area contributed by atoms with Crippen LogP contribution in [-0.4, -0.2) is 4.98 Å². The first-order valence-electron chi connectivity index (χ1n) is 19.2. The van der Waals surface area contributed by atoms with Crippen molar-refractivity contribution in [1.82, 2.24) is 4.98 Å². The van der Waals surface area contributed by atoms with Gasteiger partial charge in [-0.15, -0.1) is 11.3 Å². The third kappa shape index (κ3) is 5.95. The fourth-order valence-electron chi connectivity index (χ4n) is 8.14. The summed E-state index contributed by atoms with van der Waals surface area (Å²) in [6.45, 7) is 0. The van der Waals surface area contributed by atoms with Gasteiger partial charge in [0.15, 0.2) is 0 Å². The minimum atomic E-state index is 0.838. The number of aromatic nitrogens is 1. The van der Waals surface area contributed by atoms with Crippen molar-refractivity contribution in [1.29, 1.82) is 0 Å². The first-order valence-corrected chi connectivity index (χ1v) is 20.0. The van der Waals surface area contributed by atoms with Crippen LogP contribution in [0.25, 0.3) is 86.9 Å². The van der Waals surface area contributed by atoms with Crippen LogP contribution < -0.4 is 4.90 Å². The van der Waals surface area contributed by atoms with Crippen molar-refractivity contribution in [3.05, 3.63) is 206 Å². The summed E-state index contributed by atoms with van der Waals surface area (Å²) in [4.78, 5) is 7.36. The number of hydrogen-bond donors (Lipinski definition) is 0. The Balaban J connectivity index is 1.06. The van der Waals surface area contributed by atoms with Crippen LogP contribution in [0, 0.1) is 0 Å². The fraction of sp³-hybridized carbons (Fsp3) is 0. The first kappa shape index (κ1) is 33.1. The molecule has 0 saturated heterocycles. The van der Waals surface area contributed by atoms with Crippen LogP contribution in [0.15, 0.2) is 211 Å². The summed E-state index contributed by atoms with van der Waals surface area (Å²) in [5, 5.41) is 5.63. The Hall–Kier alpha value is -7.27. The quantitative estimate of drug-likeness (QED) is 0.163. The van der Waals surface area contributed by atoms with Crippen molar-refractivity contribution < 1.29 is 4.42 Å². The lowest BCUT2D eigenvalue weighted by atomic mass is 9.93. The van der Waals surface area contributed by atoms with Gasteiger partial charge < -0.3 is 9.32 Å². The second-order valence-corrected chi connectivity index (χ2v) is 15.4. The molecular weight excluding hydrogens is 713 g/mol. The van der Waals surface area contributed by atoms with Gasteiger partial charge in [-0.2, -0.15) is 0 Å². The standard InChI is InChI=1S/C53H34N2OS/c1-4-13-35(14-5-1)45-29-27-41(31-47(45)37-15-6-2-7-16-37)55(40-25-23-38(24-26-40)44-22-12-20-36-17-10-11-21-43(36)44)42-28-30-46-48-33-49-52(34-51(48)56-50(46)32-42)57-53(54-49)39-18-8-3-9-19-39/h1-34H. The molecule has 0 aliphatic carbocycles. The lowest BCUT2D eigenvalue weighted by Crippen LogP contribution is -2.10. The Bertz CT molecular complexity index is 3220. The molecule has 0 atom stereocenters. The first-order chi connectivity index (χ1) is 28.2. The molecule has 57 heavy (non-hydrogen) atoms. The van der Waals surface area contributed by atoms with Crippen molar-refractivity contribution >= 4 is 71.3 Å². The van der Waals surface area contributed by atoms with Crippen molar-refractivity contribution in [2.24, 2.45) is 0 Å². The van der Waals surface area contributed by atoms with Gasteiger partial charge in [-0.3, -0.25) is 0 Å². The van der Waals surface area contributed by atoms with Gasteiger partial charge in [0.2, 0.25) is 0 Å². The van der Waals surface area contributed by atoms with Crippen LogP contribution >= 0.6 is 11.3 Å². The van der Waals surface area contributed by atoms with Gasteiger partial charge in [0.25, 0.3) is 0 Å². The Labute approximate surface area is 334 Å². The topological polar surface area (TPSA) is 29.3 Å². The predicted octanol–water partition coefficient (Wildman–Crippen LogP) is 15.5. The van der Waals surface area contributed by atoms with Crippen molar-refractivity contribution in [2.45, 2.75) is 0 Å². The van der Waals surface area contributed by atoms with Gasteiger partial charge in [-0.1, -0.05) is 152 Å².